The Labute approximate surface area is 152 Å². The predicted octanol–water partition coefficient (Wildman–Crippen LogP) is 1.90. The van der Waals surface area contributed by atoms with E-state index in [0.717, 1.165) is 25.0 Å². The number of aromatic amines is 1. The highest BCUT2D eigenvalue weighted by atomic mass is 16.1. The van der Waals surface area contributed by atoms with Crippen molar-refractivity contribution in [2.75, 3.05) is 39.0 Å². The number of nitrogens with one attached hydrogen (secondary N) is 3. The average molecular weight is 352 g/mol. The minimum absolute atomic E-state index is 0.162. The van der Waals surface area contributed by atoms with Gasteiger partial charge in [0.2, 0.25) is 5.95 Å². The highest BCUT2D eigenvalue weighted by molar-refractivity contribution is 5.93. The van der Waals surface area contributed by atoms with Crippen LogP contribution in [0.15, 0.2) is 42.9 Å². The third kappa shape index (κ3) is 4.58. The summed E-state index contributed by atoms with van der Waals surface area (Å²) in [6, 6.07) is 8.15. The molecule has 0 saturated heterocycles. The van der Waals surface area contributed by atoms with Crippen molar-refractivity contribution in [1.82, 2.24) is 25.2 Å². The van der Waals surface area contributed by atoms with Crippen LogP contribution in [0.5, 0.6) is 0 Å². The first-order chi connectivity index (χ1) is 12.6. The molecule has 0 aliphatic rings. The van der Waals surface area contributed by atoms with Gasteiger partial charge in [0.1, 0.15) is 0 Å². The fourth-order valence-corrected chi connectivity index (χ4v) is 2.68. The third-order valence-electron chi connectivity index (χ3n) is 4.11. The zero-order chi connectivity index (χ0) is 18.4. The molecule has 2 aromatic heterocycles. The zero-order valence-corrected chi connectivity index (χ0v) is 15.1. The summed E-state index contributed by atoms with van der Waals surface area (Å²) in [6.45, 7) is 2.20. The largest absolute Gasteiger partial charge is 0.361 e. The van der Waals surface area contributed by atoms with Gasteiger partial charge in [-0.05, 0) is 32.1 Å². The van der Waals surface area contributed by atoms with Crippen LogP contribution in [0.3, 0.4) is 0 Å². The average Bonchev–Trinajstić information content (AvgIpc) is 3.05. The SMILES string of the molecule is CN(C)CCNc1ncc(C(=O)NCCc2c[nH]c3ccccc23)cn1. The summed E-state index contributed by atoms with van der Waals surface area (Å²) in [4.78, 5) is 25.9. The second kappa shape index (κ2) is 8.44. The number of carbonyl (C=O) groups is 1. The summed E-state index contributed by atoms with van der Waals surface area (Å²) in [5, 5.41) is 7.23. The van der Waals surface area contributed by atoms with Crippen LogP contribution in [0.4, 0.5) is 5.95 Å². The van der Waals surface area contributed by atoms with Gasteiger partial charge in [-0.3, -0.25) is 4.79 Å². The molecule has 0 spiro atoms. The molecule has 0 fully saturated rings. The molecular formula is C19H24N6O. The maximum absolute atomic E-state index is 12.2. The highest BCUT2D eigenvalue weighted by Gasteiger charge is 2.08. The number of aromatic nitrogens is 3. The normalized spacial score (nSPS) is 11.0. The lowest BCUT2D eigenvalue weighted by Gasteiger charge is -2.10. The fraction of sp³-hybridized carbons (Fsp3) is 0.316. The van der Waals surface area contributed by atoms with E-state index in [2.05, 4.69) is 36.6 Å². The molecule has 3 N–H and O–H groups in total. The molecule has 0 aliphatic heterocycles. The number of likely N-dealkylation sites (N-methyl/N-ethyl adjacent to an activating group) is 1. The van der Waals surface area contributed by atoms with Crippen molar-refractivity contribution in [3.05, 3.63) is 54.0 Å². The molecule has 3 rings (SSSR count). The van der Waals surface area contributed by atoms with Gasteiger partial charge in [-0.15, -0.1) is 0 Å². The second-order valence-corrected chi connectivity index (χ2v) is 6.39. The maximum Gasteiger partial charge on any atom is 0.254 e. The minimum atomic E-state index is -0.162. The van der Waals surface area contributed by atoms with E-state index in [4.69, 9.17) is 0 Å². The van der Waals surface area contributed by atoms with Gasteiger partial charge in [0.25, 0.3) is 5.91 Å². The van der Waals surface area contributed by atoms with Gasteiger partial charge in [0.15, 0.2) is 0 Å². The Morgan fingerprint density at radius 1 is 1.15 bits per heavy atom. The summed E-state index contributed by atoms with van der Waals surface area (Å²) in [6.07, 6.45) is 5.85. The lowest BCUT2D eigenvalue weighted by molar-refractivity contribution is 0.0953. The Hall–Kier alpha value is -2.93. The number of hydrogen-bond acceptors (Lipinski definition) is 5. The van der Waals surface area contributed by atoms with Crippen LogP contribution in [0, 0.1) is 0 Å². The number of anilines is 1. The predicted molar refractivity (Wildman–Crippen MR) is 103 cm³/mol. The van der Waals surface area contributed by atoms with E-state index in [9.17, 15) is 4.79 Å². The van der Waals surface area contributed by atoms with Crippen LogP contribution in [0.1, 0.15) is 15.9 Å². The van der Waals surface area contributed by atoms with E-state index >= 15 is 0 Å². The topological polar surface area (TPSA) is 85.9 Å². The van der Waals surface area contributed by atoms with Crippen molar-refractivity contribution in [3.8, 4) is 0 Å². The number of benzene rings is 1. The van der Waals surface area contributed by atoms with Crippen molar-refractivity contribution >= 4 is 22.8 Å². The molecule has 7 heteroatoms. The molecule has 1 aromatic carbocycles. The summed E-state index contributed by atoms with van der Waals surface area (Å²) in [5.74, 6) is 0.367. The summed E-state index contributed by atoms with van der Waals surface area (Å²) < 4.78 is 0. The van der Waals surface area contributed by atoms with Crippen LogP contribution in [-0.2, 0) is 6.42 Å². The van der Waals surface area contributed by atoms with Gasteiger partial charge < -0.3 is 20.5 Å². The summed E-state index contributed by atoms with van der Waals surface area (Å²) >= 11 is 0. The number of hydrogen-bond donors (Lipinski definition) is 3. The van der Waals surface area contributed by atoms with Crippen molar-refractivity contribution in [2.45, 2.75) is 6.42 Å². The van der Waals surface area contributed by atoms with Crippen molar-refractivity contribution in [3.63, 3.8) is 0 Å². The molecule has 0 saturated carbocycles. The number of nitrogens with zero attached hydrogens (tertiary/aromatic N) is 3. The molecule has 0 bridgehead atoms. The molecule has 26 heavy (non-hydrogen) atoms. The number of carbonyl (C=O) groups excluding carboxylic acids is 1. The maximum atomic E-state index is 12.2. The van der Waals surface area contributed by atoms with Gasteiger partial charge in [-0.25, -0.2) is 9.97 Å². The smallest absolute Gasteiger partial charge is 0.254 e. The molecule has 0 atom stereocenters. The monoisotopic (exact) mass is 352 g/mol. The van der Waals surface area contributed by atoms with Crippen LogP contribution in [0.25, 0.3) is 10.9 Å². The highest BCUT2D eigenvalue weighted by Crippen LogP contribution is 2.17. The molecular weight excluding hydrogens is 328 g/mol. The van der Waals surface area contributed by atoms with E-state index < -0.39 is 0 Å². The Balaban J connectivity index is 1.48. The Morgan fingerprint density at radius 3 is 2.69 bits per heavy atom. The standard InChI is InChI=1S/C19H24N6O/c1-25(2)10-9-21-19-23-12-15(13-24-19)18(26)20-8-7-14-11-22-17-6-4-3-5-16(14)17/h3-6,11-13,22H,7-10H2,1-2H3,(H,20,26)(H,21,23,24). The van der Waals surface area contributed by atoms with Gasteiger partial charge in [0, 0.05) is 49.1 Å². The zero-order valence-electron chi connectivity index (χ0n) is 15.1. The van der Waals surface area contributed by atoms with E-state index in [-0.39, 0.29) is 5.91 Å². The summed E-state index contributed by atoms with van der Waals surface area (Å²) in [5.41, 5.74) is 2.76. The van der Waals surface area contributed by atoms with Gasteiger partial charge in [0.05, 0.1) is 5.56 Å². The molecule has 3 aromatic rings. The number of H-pyrrole nitrogens is 1. The molecule has 136 valence electrons. The Kier molecular flexibility index (Phi) is 5.80. The quantitative estimate of drug-likeness (QED) is 0.576. The lowest BCUT2D eigenvalue weighted by Crippen LogP contribution is -2.26. The minimum Gasteiger partial charge on any atom is -0.361 e. The van der Waals surface area contributed by atoms with Crippen molar-refractivity contribution in [2.24, 2.45) is 0 Å². The van der Waals surface area contributed by atoms with Gasteiger partial charge in [-0.1, -0.05) is 18.2 Å². The fourth-order valence-electron chi connectivity index (χ4n) is 2.68. The van der Waals surface area contributed by atoms with Crippen molar-refractivity contribution < 1.29 is 4.79 Å². The molecule has 0 aliphatic carbocycles. The summed E-state index contributed by atoms with van der Waals surface area (Å²) in [7, 11) is 4.01. The third-order valence-corrected chi connectivity index (χ3v) is 4.11. The van der Waals surface area contributed by atoms with E-state index in [1.54, 1.807) is 12.4 Å². The molecule has 2 heterocycles. The molecule has 1 amide bonds. The van der Waals surface area contributed by atoms with Gasteiger partial charge >= 0.3 is 0 Å². The van der Waals surface area contributed by atoms with Crippen molar-refractivity contribution in [1.29, 1.82) is 0 Å². The first kappa shape index (κ1) is 17.9. The van der Waals surface area contributed by atoms with Crippen LogP contribution in [0.2, 0.25) is 0 Å². The molecule has 0 unspecified atom stereocenters. The Bertz CT molecular complexity index is 856. The van der Waals surface area contributed by atoms with E-state index in [0.29, 0.717) is 18.1 Å². The van der Waals surface area contributed by atoms with Crippen LogP contribution < -0.4 is 10.6 Å². The lowest BCUT2D eigenvalue weighted by atomic mass is 10.1. The molecule has 7 nitrogen and oxygen atoms in total. The first-order valence-electron chi connectivity index (χ1n) is 8.67. The van der Waals surface area contributed by atoms with E-state index in [1.165, 1.54) is 10.9 Å². The van der Waals surface area contributed by atoms with Gasteiger partial charge in [-0.2, -0.15) is 0 Å². The number of para-hydroxylation sites is 1. The number of amides is 1. The first-order valence-corrected chi connectivity index (χ1v) is 8.67. The Morgan fingerprint density at radius 2 is 1.92 bits per heavy atom. The molecule has 0 radical (unpaired) electrons. The van der Waals surface area contributed by atoms with Crippen LogP contribution in [-0.4, -0.2) is 59.5 Å². The second-order valence-electron chi connectivity index (χ2n) is 6.39. The van der Waals surface area contributed by atoms with E-state index in [1.807, 2.05) is 38.5 Å². The van der Waals surface area contributed by atoms with Crippen LogP contribution >= 0.6 is 0 Å². The number of fused-ring (bicyclic) bond motifs is 1. The number of rotatable bonds is 8.